The molecule has 1 aromatic heterocycles. The fourth-order valence-electron chi connectivity index (χ4n) is 6.11. The molecule has 0 bridgehead atoms. The van der Waals surface area contributed by atoms with Crippen LogP contribution in [0.25, 0.3) is 0 Å². The fraction of sp³-hybridized carbons (Fsp3) is 0.276. The smallest absolute Gasteiger partial charge is 0.252 e. The standard InChI is InChI=1S/C29H26B4ClF4N5O3/c30-21-20(25(34)24(33)23(32)22(21)31)26(27(45)41-15-9-29(37,38)10-15)42(16-7-13(35)6-14(36)8-16)28(46)17-1-2-19(44)43(17)18-5-12(11-39)3-4-40-18/h3-8,15,17,26H,1-2,9-10,30-33H2,(H,41,45)/t17-,26-/m0/s1. The van der Waals surface area contributed by atoms with Crippen molar-refractivity contribution in [3.05, 3.63) is 64.3 Å². The molecule has 1 saturated heterocycles. The van der Waals surface area contributed by atoms with Gasteiger partial charge in [0.15, 0.2) is 0 Å². The third-order valence-corrected chi connectivity index (χ3v) is 9.34. The number of carbonyl (C=O) groups excluding carboxylic acids is 3. The largest absolute Gasteiger partial charge is 0.351 e. The number of hydrogen-bond donors (Lipinski definition) is 1. The molecule has 8 nitrogen and oxygen atoms in total. The minimum Gasteiger partial charge on any atom is -0.351 e. The summed E-state index contributed by atoms with van der Waals surface area (Å²) in [6.07, 6.45) is -0.105. The maximum Gasteiger partial charge on any atom is 0.252 e. The Kier molecular flexibility index (Phi) is 9.01. The zero-order valence-corrected chi connectivity index (χ0v) is 26.2. The lowest BCUT2D eigenvalue weighted by molar-refractivity contribution is -0.133. The summed E-state index contributed by atoms with van der Waals surface area (Å²) >= 11 is 6.89. The van der Waals surface area contributed by atoms with Gasteiger partial charge in [-0.2, -0.15) is 5.26 Å². The number of nitriles is 1. The van der Waals surface area contributed by atoms with Crippen LogP contribution >= 0.6 is 11.6 Å². The van der Waals surface area contributed by atoms with Gasteiger partial charge in [0.25, 0.3) is 11.8 Å². The minimum absolute atomic E-state index is 0.000730. The lowest BCUT2D eigenvalue weighted by atomic mass is 9.64. The first-order valence-electron chi connectivity index (χ1n) is 14.5. The molecular weight excluding hydrogens is 621 g/mol. The molecule has 2 heterocycles. The molecule has 5 rings (SSSR count). The summed E-state index contributed by atoms with van der Waals surface area (Å²) < 4.78 is 57.2. The van der Waals surface area contributed by atoms with Gasteiger partial charge in [-0.3, -0.25) is 24.2 Å². The van der Waals surface area contributed by atoms with Crippen molar-refractivity contribution in [3.8, 4) is 6.07 Å². The van der Waals surface area contributed by atoms with E-state index < -0.39 is 66.2 Å². The molecule has 0 radical (unpaired) electrons. The molecule has 232 valence electrons. The van der Waals surface area contributed by atoms with E-state index >= 15 is 0 Å². The van der Waals surface area contributed by atoms with Crippen molar-refractivity contribution < 1.29 is 31.9 Å². The fourth-order valence-corrected chi connectivity index (χ4v) is 6.50. The number of pyridine rings is 1. The number of hydrogen-bond acceptors (Lipinski definition) is 5. The SMILES string of the molecule is Bc1c(B)c(B)c([C@@H](C(=O)NC2CC(F)(F)C2)N(C(=O)[C@@H]2CCC(=O)N2c2cc(C#N)ccn2)c2cc(F)cc(F)c2)c(Cl)c1B. The van der Waals surface area contributed by atoms with Crippen molar-refractivity contribution in [1.29, 1.82) is 5.26 Å². The van der Waals surface area contributed by atoms with Crippen molar-refractivity contribution in [3.63, 3.8) is 0 Å². The first-order valence-corrected chi connectivity index (χ1v) is 14.9. The second kappa shape index (κ2) is 12.5. The van der Waals surface area contributed by atoms with Crippen LogP contribution in [0.3, 0.4) is 0 Å². The maximum atomic E-state index is 14.8. The molecule has 2 fully saturated rings. The molecule has 3 aromatic rings. The van der Waals surface area contributed by atoms with Crippen molar-refractivity contribution >= 4 is 94.1 Å². The predicted octanol–water partition coefficient (Wildman–Crippen LogP) is -1.90. The third kappa shape index (κ3) is 6.12. The van der Waals surface area contributed by atoms with E-state index in [0.717, 1.165) is 32.9 Å². The summed E-state index contributed by atoms with van der Waals surface area (Å²) in [6.45, 7) is 0. The van der Waals surface area contributed by atoms with Gasteiger partial charge in [0.05, 0.1) is 17.3 Å². The second-order valence-electron chi connectivity index (χ2n) is 11.8. The Morgan fingerprint density at radius 2 is 1.70 bits per heavy atom. The number of aromatic nitrogens is 1. The number of nitrogens with zero attached hydrogens (tertiary/aromatic N) is 4. The highest BCUT2D eigenvalue weighted by Crippen LogP contribution is 2.39. The van der Waals surface area contributed by atoms with Gasteiger partial charge >= 0.3 is 0 Å². The van der Waals surface area contributed by atoms with Crippen LogP contribution in [0.4, 0.5) is 29.1 Å². The second-order valence-corrected chi connectivity index (χ2v) is 12.1. The van der Waals surface area contributed by atoms with Crippen LogP contribution in [-0.4, -0.2) is 72.1 Å². The number of anilines is 2. The molecule has 46 heavy (non-hydrogen) atoms. The predicted molar refractivity (Wildman–Crippen MR) is 176 cm³/mol. The van der Waals surface area contributed by atoms with Crippen molar-refractivity contribution in [2.45, 2.75) is 49.7 Å². The number of carbonyl (C=O) groups is 3. The summed E-state index contributed by atoms with van der Waals surface area (Å²) in [5.41, 5.74) is 2.59. The monoisotopic (exact) mass is 647 g/mol. The number of amides is 3. The first kappa shape index (κ1) is 33.1. The average molecular weight is 647 g/mol. The van der Waals surface area contributed by atoms with E-state index in [1.54, 1.807) is 23.5 Å². The van der Waals surface area contributed by atoms with Crippen LogP contribution in [0.2, 0.25) is 5.02 Å². The van der Waals surface area contributed by atoms with Crippen molar-refractivity contribution in [1.82, 2.24) is 10.3 Å². The Morgan fingerprint density at radius 1 is 1.07 bits per heavy atom. The van der Waals surface area contributed by atoms with E-state index in [9.17, 15) is 37.2 Å². The van der Waals surface area contributed by atoms with Gasteiger partial charge < -0.3 is 5.32 Å². The number of benzene rings is 2. The van der Waals surface area contributed by atoms with Crippen LogP contribution in [0, 0.1) is 23.0 Å². The maximum absolute atomic E-state index is 14.8. The Bertz CT molecular complexity index is 1770. The molecule has 2 aliphatic rings. The molecule has 2 aromatic carbocycles. The summed E-state index contributed by atoms with van der Waals surface area (Å²) in [5, 5.41) is 12.1. The van der Waals surface area contributed by atoms with E-state index in [2.05, 4.69) is 10.3 Å². The Labute approximate surface area is 271 Å². The van der Waals surface area contributed by atoms with Crippen LogP contribution in [0.5, 0.6) is 0 Å². The van der Waals surface area contributed by atoms with Gasteiger partial charge in [0, 0.05) is 42.6 Å². The molecule has 1 saturated carbocycles. The summed E-state index contributed by atoms with van der Waals surface area (Å²) in [4.78, 5) is 48.3. The molecule has 0 unspecified atom stereocenters. The van der Waals surface area contributed by atoms with Gasteiger partial charge in [-0.05, 0) is 36.2 Å². The van der Waals surface area contributed by atoms with E-state index in [1.165, 1.54) is 18.3 Å². The molecule has 1 N–H and O–H groups in total. The lowest BCUT2D eigenvalue weighted by Crippen LogP contribution is -2.58. The first-order chi connectivity index (χ1) is 21.6. The third-order valence-electron chi connectivity index (χ3n) is 8.86. The van der Waals surface area contributed by atoms with Gasteiger partial charge in [-0.25, -0.2) is 22.5 Å². The Balaban J connectivity index is 1.72. The van der Waals surface area contributed by atoms with E-state index in [0.29, 0.717) is 17.0 Å². The topological polar surface area (TPSA) is 106 Å². The summed E-state index contributed by atoms with van der Waals surface area (Å²) in [5.74, 6) is -7.37. The number of nitrogens with one attached hydrogen (secondary N) is 1. The van der Waals surface area contributed by atoms with Crippen LogP contribution in [-0.2, 0) is 14.4 Å². The average Bonchev–Trinajstić information content (AvgIpc) is 3.38. The molecule has 17 heteroatoms. The summed E-state index contributed by atoms with van der Waals surface area (Å²) in [6, 6.07) is 3.09. The molecule has 2 atom stereocenters. The van der Waals surface area contributed by atoms with Crippen molar-refractivity contribution in [2.75, 3.05) is 9.80 Å². The molecule has 1 aliphatic carbocycles. The Hall–Kier alpha value is -4.24. The highest BCUT2D eigenvalue weighted by molar-refractivity contribution is 6.65. The number of halogens is 5. The quantitative estimate of drug-likeness (QED) is 0.239. The molecule has 1 aliphatic heterocycles. The van der Waals surface area contributed by atoms with Gasteiger partial charge in [-0.1, -0.05) is 22.5 Å². The van der Waals surface area contributed by atoms with Crippen LogP contribution in [0.15, 0.2) is 36.5 Å². The van der Waals surface area contributed by atoms with Crippen molar-refractivity contribution in [2.24, 2.45) is 0 Å². The minimum atomic E-state index is -2.98. The van der Waals surface area contributed by atoms with E-state index in [1.807, 2.05) is 13.9 Å². The molecular formula is C29H26B4ClF4N5O3. The molecule has 3 amide bonds. The van der Waals surface area contributed by atoms with Gasteiger partial charge in [0.2, 0.25) is 11.8 Å². The van der Waals surface area contributed by atoms with E-state index in [-0.39, 0.29) is 40.5 Å². The zero-order chi connectivity index (χ0) is 33.7. The van der Waals surface area contributed by atoms with Gasteiger partial charge in [0.1, 0.15) is 60.9 Å². The highest BCUT2D eigenvalue weighted by Gasteiger charge is 2.49. The zero-order valence-electron chi connectivity index (χ0n) is 25.4. The Morgan fingerprint density at radius 3 is 2.30 bits per heavy atom. The van der Waals surface area contributed by atoms with Crippen LogP contribution < -0.4 is 37.0 Å². The van der Waals surface area contributed by atoms with Gasteiger partial charge in [-0.15, -0.1) is 10.9 Å². The molecule has 0 spiro atoms. The number of rotatable bonds is 7. The highest BCUT2D eigenvalue weighted by atomic mass is 35.5. The summed E-state index contributed by atoms with van der Waals surface area (Å²) in [7, 11) is 7.01. The van der Waals surface area contributed by atoms with Crippen LogP contribution in [0.1, 0.15) is 42.9 Å². The lowest BCUT2D eigenvalue weighted by Gasteiger charge is -2.40. The normalized spacial score (nSPS) is 18.0. The number of alkyl halides is 2. The van der Waals surface area contributed by atoms with E-state index in [4.69, 9.17) is 11.6 Å².